The van der Waals surface area contributed by atoms with Crippen molar-refractivity contribution < 1.29 is 46.8 Å². The number of carbonyl (C=O) groups is 2. The van der Waals surface area contributed by atoms with Crippen LogP contribution in [0.1, 0.15) is 28.8 Å². The first-order valence-electron chi connectivity index (χ1n) is 13.5. The first-order valence-corrected chi connectivity index (χ1v) is 13.5. The first-order chi connectivity index (χ1) is 20.9. The molecule has 1 saturated heterocycles. The van der Waals surface area contributed by atoms with Gasteiger partial charge in [0.1, 0.15) is 28.8 Å². The number of nitrogens with one attached hydrogen (secondary N) is 1. The number of amides is 2. The molecule has 2 atom stereocenters. The van der Waals surface area contributed by atoms with Gasteiger partial charge in [0.25, 0.3) is 11.5 Å². The number of carbonyl (C=O) groups excluding carboxylic acids is 2. The lowest BCUT2D eigenvalue weighted by Crippen LogP contribution is -2.40. The van der Waals surface area contributed by atoms with E-state index in [-0.39, 0.29) is 42.4 Å². The van der Waals surface area contributed by atoms with Gasteiger partial charge >= 0.3 is 6.61 Å². The smallest absolute Gasteiger partial charge is 0.387 e. The Morgan fingerprint density at radius 2 is 1.70 bits per heavy atom. The Morgan fingerprint density at radius 3 is 2.27 bits per heavy atom. The van der Waals surface area contributed by atoms with Crippen LogP contribution in [0.3, 0.4) is 0 Å². The lowest BCUT2D eigenvalue weighted by atomic mass is 9.87. The van der Waals surface area contributed by atoms with Gasteiger partial charge in [-0.3, -0.25) is 14.4 Å². The summed E-state index contributed by atoms with van der Waals surface area (Å²) in [5.74, 6) is -5.98. The third-order valence-electron chi connectivity index (χ3n) is 7.54. The van der Waals surface area contributed by atoms with E-state index in [1.165, 1.54) is 42.1 Å². The SMILES string of the molecule is COc1cc(F)c([C@@H]2CN(c3cccn(CC(C)(CO)CO)c3=O)C(=O)C2CNC(=O)c2ccc(OC(F)F)cc2)c(F)c1. The summed E-state index contributed by atoms with van der Waals surface area (Å²) in [6.45, 7) is -3.11. The van der Waals surface area contributed by atoms with E-state index >= 15 is 8.78 Å². The van der Waals surface area contributed by atoms with Crippen molar-refractivity contribution in [3.05, 3.63) is 87.8 Å². The van der Waals surface area contributed by atoms with E-state index in [2.05, 4.69) is 10.1 Å². The number of methoxy groups -OCH3 is 1. The normalized spacial score (nSPS) is 16.8. The zero-order valence-corrected chi connectivity index (χ0v) is 23.8. The molecule has 0 radical (unpaired) electrons. The van der Waals surface area contributed by atoms with Crippen molar-refractivity contribution in [1.82, 2.24) is 9.88 Å². The molecule has 0 spiro atoms. The van der Waals surface area contributed by atoms with Crippen molar-refractivity contribution >= 4 is 17.5 Å². The van der Waals surface area contributed by atoms with Crippen molar-refractivity contribution in [3.8, 4) is 11.5 Å². The Labute approximate surface area is 249 Å². The Bertz CT molecular complexity index is 1540. The number of aliphatic hydroxyl groups is 2. The summed E-state index contributed by atoms with van der Waals surface area (Å²) in [7, 11) is 1.23. The maximum Gasteiger partial charge on any atom is 0.387 e. The Balaban J connectivity index is 1.66. The van der Waals surface area contributed by atoms with E-state index in [0.29, 0.717) is 0 Å². The number of anilines is 1. The van der Waals surface area contributed by atoms with E-state index < -0.39 is 71.6 Å². The van der Waals surface area contributed by atoms with E-state index in [4.69, 9.17) is 4.74 Å². The first kappa shape index (κ1) is 32.5. The zero-order chi connectivity index (χ0) is 32.2. The molecule has 1 fully saturated rings. The summed E-state index contributed by atoms with van der Waals surface area (Å²) >= 11 is 0. The van der Waals surface area contributed by atoms with Crippen molar-refractivity contribution in [2.24, 2.45) is 11.3 Å². The third kappa shape index (κ3) is 6.86. The predicted octanol–water partition coefficient (Wildman–Crippen LogP) is 2.90. The highest BCUT2D eigenvalue weighted by Gasteiger charge is 2.45. The van der Waals surface area contributed by atoms with Crippen LogP contribution < -0.4 is 25.2 Å². The van der Waals surface area contributed by atoms with Crippen molar-refractivity contribution in [2.75, 3.05) is 38.3 Å². The second kappa shape index (κ2) is 13.5. The molecule has 2 aromatic carbocycles. The molecule has 4 rings (SSSR count). The number of pyridine rings is 1. The molecule has 0 bridgehead atoms. The minimum absolute atomic E-state index is 0.0500. The lowest BCUT2D eigenvalue weighted by molar-refractivity contribution is -0.120. The number of benzene rings is 2. The average Bonchev–Trinajstić information content (AvgIpc) is 3.31. The fourth-order valence-electron chi connectivity index (χ4n) is 5.07. The maximum absolute atomic E-state index is 15.3. The molecule has 14 heteroatoms. The molecule has 44 heavy (non-hydrogen) atoms. The molecular weight excluding hydrogens is 590 g/mol. The van der Waals surface area contributed by atoms with Crippen LogP contribution in [0.4, 0.5) is 23.2 Å². The summed E-state index contributed by atoms with van der Waals surface area (Å²) in [4.78, 5) is 41.2. The van der Waals surface area contributed by atoms with Crippen LogP contribution in [0.5, 0.6) is 11.5 Å². The fourth-order valence-corrected chi connectivity index (χ4v) is 5.07. The second-order valence-corrected chi connectivity index (χ2v) is 10.7. The predicted molar refractivity (Wildman–Crippen MR) is 150 cm³/mol. The standard InChI is InChI=1S/C30H31F4N3O7/c1-30(15-38,16-39)14-36-9-3-4-24(28(36)42)37-13-21(25-22(31)10-19(43-2)11-23(25)32)20(27(37)41)12-35-26(40)17-5-7-18(8-6-17)44-29(33)34/h3-11,20-21,29,38-39H,12-16H2,1-2H3,(H,35,40)/t20?,21-/m1/s1. The average molecular weight is 622 g/mol. The third-order valence-corrected chi connectivity index (χ3v) is 7.54. The van der Waals surface area contributed by atoms with Crippen molar-refractivity contribution in [2.45, 2.75) is 26.0 Å². The lowest BCUT2D eigenvalue weighted by Gasteiger charge is -2.26. The number of hydrogen-bond donors (Lipinski definition) is 3. The van der Waals surface area contributed by atoms with E-state index in [1.54, 1.807) is 6.92 Å². The number of alkyl halides is 2. The van der Waals surface area contributed by atoms with Crippen LogP contribution in [0.2, 0.25) is 0 Å². The van der Waals surface area contributed by atoms with E-state index in [1.807, 2.05) is 0 Å². The Hall–Kier alpha value is -4.43. The topological polar surface area (TPSA) is 130 Å². The highest BCUT2D eigenvalue weighted by Crippen LogP contribution is 2.39. The number of aromatic nitrogens is 1. The number of rotatable bonds is 12. The Morgan fingerprint density at radius 1 is 1.07 bits per heavy atom. The molecular formula is C30H31F4N3O7. The van der Waals surface area contributed by atoms with Crippen LogP contribution >= 0.6 is 0 Å². The van der Waals surface area contributed by atoms with Gasteiger partial charge < -0.3 is 34.5 Å². The molecule has 3 aromatic rings. The van der Waals surface area contributed by atoms with Crippen LogP contribution in [-0.2, 0) is 11.3 Å². The van der Waals surface area contributed by atoms with E-state index in [0.717, 1.165) is 29.2 Å². The van der Waals surface area contributed by atoms with Gasteiger partial charge in [0.15, 0.2) is 0 Å². The van der Waals surface area contributed by atoms with Gasteiger partial charge in [-0.1, -0.05) is 6.92 Å². The summed E-state index contributed by atoms with van der Waals surface area (Å²) < 4.78 is 65.9. The maximum atomic E-state index is 15.3. The largest absolute Gasteiger partial charge is 0.497 e. The molecule has 2 heterocycles. The molecule has 2 amide bonds. The van der Waals surface area contributed by atoms with Gasteiger partial charge in [-0.2, -0.15) is 8.78 Å². The molecule has 1 aliphatic heterocycles. The summed E-state index contributed by atoms with van der Waals surface area (Å²) in [6, 6.07) is 9.56. The van der Waals surface area contributed by atoms with Gasteiger partial charge in [-0.25, -0.2) is 8.78 Å². The Kier molecular flexibility index (Phi) is 9.95. The summed E-state index contributed by atoms with van der Waals surface area (Å²) in [5.41, 5.74) is -2.17. The zero-order valence-electron chi connectivity index (χ0n) is 23.8. The molecule has 1 aromatic heterocycles. The highest BCUT2D eigenvalue weighted by atomic mass is 19.3. The van der Waals surface area contributed by atoms with Crippen molar-refractivity contribution in [3.63, 3.8) is 0 Å². The summed E-state index contributed by atoms with van der Waals surface area (Å²) in [6.07, 6.45) is 1.42. The number of hydrogen-bond acceptors (Lipinski definition) is 7. The number of nitrogens with zero attached hydrogens (tertiary/aromatic N) is 2. The van der Waals surface area contributed by atoms with Crippen LogP contribution in [-0.4, -0.2) is 66.6 Å². The van der Waals surface area contributed by atoms with Crippen LogP contribution in [0.25, 0.3) is 0 Å². The second-order valence-electron chi connectivity index (χ2n) is 10.7. The summed E-state index contributed by atoms with van der Waals surface area (Å²) in [5, 5.41) is 21.9. The van der Waals surface area contributed by atoms with Gasteiger partial charge in [0.05, 0.1) is 26.2 Å². The molecule has 0 saturated carbocycles. The van der Waals surface area contributed by atoms with Crippen LogP contribution in [0.15, 0.2) is 59.5 Å². The number of aliphatic hydroxyl groups excluding tert-OH is 2. The van der Waals surface area contributed by atoms with Gasteiger partial charge in [0.2, 0.25) is 5.91 Å². The minimum atomic E-state index is -3.05. The fraction of sp³-hybridized carbons (Fsp3) is 0.367. The molecule has 10 nitrogen and oxygen atoms in total. The minimum Gasteiger partial charge on any atom is -0.497 e. The molecule has 0 aliphatic carbocycles. The monoisotopic (exact) mass is 621 g/mol. The van der Waals surface area contributed by atoms with E-state index in [9.17, 15) is 33.4 Å². The highest BCUT2D eigenvalue weighted by molar-refractivity contribution is 5.99. The number of halogens is 4. The number of ether oxygens (including phenoxy) is 2. The van der Waals surface area contributed by atoms with Gasteiger partial charge in [-0.15, -0.1) is 0 Å². The van der Waals surface area contributed by atoms with Crippen LogP contribution in [0, 0.1) is 23.0 Å². The molecule has 1 unspecified atom stereocenters. The van der Waals surface area contributed by atoms with Gasteiger partial charge in [-0.05, 0) is 36.4 Å². The molecule has 3 N–H and O–H groups in total. The quantitative estimate of drug-likeness (QED) is 0.265. The molecule has 1 aliphatic rings. The van der Waals surface area contributed by atoms with Gasteiger partial charge in [0, 0.05) is 60.4 Å². The molecule has 236 valence electrons. The van der Waals surface area contributed by atoms with Crippen molar-refractivity contribution in [1.29, 1.82) is 0 Å².